The van der Waals surface area contributed by atoms with Crippen LogP contribution in [0.25, 0.3) is 0 Å². The van der Waals surface area contributed by atoms with E-state index in [2.05, 4.69) is 0 Å². The number of piperidine rings is 1. The highest BCUT2D eigenvalue weighted by Gasteiger charge is 2.29. The number of rotatable bonds is 2. The monoisotopic (exact) mass is 295 g/mol. The lowest BCUT2D eigenvalue weighted by Gasteiger charge is -2.31. The molecule has 4 nitrogen and oxygen atoms in total. The third-order valence-electron chi connectivity index (χ3n) is 3.80. The van der Waals surface area contributed by atoms with Gasteiger partial charge in [0.1, 0.15) is 9.84 Å². The number of hydrogen-bond acceptors (Lipinski definition) is 3. The quantitative estimate of drug-likeness (QED) is 0.838. The van der Waals surface area contributed by atoms with Crippen molar-refractivity contribution in [3.63, 3.8) is 0 Å². The summed E-state index contributed by atoms with van der Waals surface area (Å²) in [6.07, 6.45) is 2.35. The van der Waals surface area contributed by atoms with Gasteiger partial charge in [-0.15, -0.1) is 0 Å². The van der Waals surface area contributed by atoms with Crippen LogP contribution in [-0.4, -0.2) is 43.8 Å². The van der Waals surface area contributed by atoms with Gasteiger partial charge in [0.25, 0.3) is 5.91 Å². The molecule has 1 amide bonds. The molecule has 0 aliphatic carbocycles. The number of sulfone groups is 1. The third kappa shape index (κ3) is 3.39. The highest BCUT2D eigenvalue weighted by Crippen LogP contribution is 2.20. The molecule has 0 unspecified atom stereocenters. The standard InChI is InChI=1S/C15H21NO3S/c1-11-8-12(2)10-13(9-11)15(17)16-6-4-14(5-7-16)20(3,18)19/h8-10,14H,4-7H2,1-3H3. The van der Waals surface area contributed by atoms with Gasteiger partial charge in [0.05, 0.1) is 5.25 Å². The van der Waals surface area contributed by atoms with Crippen LogP contribution in [0.2, 0.25) is 0 Å². The Hall–Kier alpha value is -1.36. The summed E-state index contributed by atoms with van der Waals surface area (Å²) in [5, 5.41) is -0.300. The number of nitrogens with zero attached hydrogens (tertiary/aromatic N) is 1. The molecule has 0 spiro atoms. The number of hydrogen-bond donors (Lipinski definition) is 0. The first-order valence-electron chi connectivity index (χ1n) is 6.84. The number of carbonyl (C=O) groups is 1. The summed E-state index contributed by atoms with van der Waals surface area (Å²) in [5.41, 5.74) is 2.83. The van der Waals surface area contributed by atoms with Crippen LogP contribution < -0.4 is 0 Å². The van der Waals surface area contributed by atoms with Gasteiger partial charge in [0.15, 0.2) is 0 Å². The van der Waals surface area contributed by atoms with Gasteiger partial charge in [-0.2, -0.15) is 0 Å². The van der Waals surface area contributed by atoms with Crippen molar-refractivity contribution in [3.8, 4) is 0 Å². The minimum absolute atomic E-state index is 0.00347. The van der Waals surface area contributed by atoms with Gasteiger partial charge in [0, 0.05) is 24.9 Å². The first-order valence-corrected chi connectivity index (χ1v) is 8.79. The van der Waals surface area contributed by atoms with Crippen molar-refractivity contribution in [1.29, 1.82) is 0 Å². The molecule has 110 valence electrons. The van der Waals surface area contributed by atoms with Gasteiger partial charge < -0.3 is 4.90 Å². The minimum atomic E-state index is -2.99. The van der Waals surface area contributed by atoms with Crippen LogP contribution in [0.1, 0.15) is 34.3 Å². The first-order chi connectivity index (χ1) is 9.27. The van der Waals surface area contributed by atoms with Crippen molar-refractivity contribution in [2.45, 2.75) is 31.9 Å². The Morgan fingerprint density at radius 1 is 1.10 bits per heavy atom. The molecule has 20 heavy (non-hydrogen) atoms. The summed E-state index contributed by atoms with van der Waals surface area (Å²) >= 11 is 0. The molecular formula is C15H21NO3S. The van der Waals surface area contributed by atoms with E-state index >= 15 is 0 Å². The SMILES string of the molecule is Cc1cc(C)cc(C(=O)N2CCC(S(C)(=O)=O)CC2)c1. The number of carbonyl (C=O) groups excluding carboxylic acids is 1. The van der Waals surface area contributed by atoms with Gasteiger partial charge in [-0.3, -0.25) is 4.79 Å². The van der Waals surface area contributed by atoms with Crippen LogP contribution in [-0.2, 0) is 9.84 Å². The molecule has 2 rings (SSSR count). The van der Waals surface area contributed by atoms with Gasteiger partial charge in [0.2, 0.25) is 0 Å². The Morgan fingerprint density at radius 3 is 2.05 bits per heavy atom. The molecular weight excluding hydrogens is 274 g/mol. The van der Waals surface area contributed by atoms with Crippen LogP contribution in [0, 0.1) is 13.8 Å². The second kappa shape index (κ2) is 5.56. The van der Waals surface area contributed by atoms with Crippen LogP contribution in [0.3, 0.4) is 0 Å². The zero-order chi connectivity index (χ0) is 14.9. The van der Waals surface area contributed by atoms with E-state index < -0.39 is 9.84 Å². The smallest absolute Gasteiger partial charge is 0.253 e. The second-order valence-electron chi connectivity index (χ2n) is 5.70. The minimum Gasteiger partial charge on any atom is -0.339 e. The van der Waals surface area contributed by atoms with Gasteiger partial charge in [-0.1, -0.05) is 17.2 Å². The normalized spacial score (nSPS) is 17.2. The fourth-order valence-electron chi connectivity index (χ4n) is 2.77. The molecule has 0 aromatic heterocycles. The van der Waals surface area contributed by atoms with Crippen molar-refractivity contribution in [3.05, 3.63) is 34.9 Å². The molecule has 0 bridgehead atoms. The molecule has 1 aromatic carbocycles. The maximum absolute atomic E-state index is 12.4. The third-order valence-corrected chi connectivity index (χ3v) is 5.49. The Balaban J connectivity index is 2.09. The van der Waals surface area contributed by atoms with E-state index in [1.165, 1.54) is 6.26 Å². The van der Waals surface area contributed by atoms with Crippen LogP contribution in [0.5, 0.6) is 0 Å². The first kappa shape index (κ1) is 15.0. The second-order valence-corrected chi connectivity index (χ2v) is 8.02. The van der Waals surface area contributed by atoms with Crippen molar-refractivity contribution in [2.24, 2.45) is 0 Å². The zero-order valence-electron chi connectivity index (χ0n) is 12.2. The van der Waals surface area contributed by atoms with Crippen molar-refractivity contribution in [2.75, 3.05) is 19.3 Å². The van der Waals surface area contributed by atoms with Crippen LogP contribution >= 0.6 is 0 Å². The summed E-state index contributed by atoms with van der Waals surface area (Å²) in [6.45, 7) is 4.98. The van der Waals surface area contributed by atoms with Gasteiger partial charge in [-0.05, 0) is 38.8 Å². The highest BCUT2D eigenvalue weighted by molar-refractivity contribution is 7.91. The van der Waals surface area contributed by atoms with E-state index in [1.54, 1.807) is 4.90 Å². The fourth-order valence-corrected chi connectivity index (χ4v) is 3.83. The topological polar surface area (TPSA) is 54.5 Å². The van der Waals surface area contributed by atoms with Crippen LogP contribution in [0.15, 0.2) is 18.2 Å². The van der Waals surface area contributed by atoms with Gasteiger partial charge >= 0.3 is 0 Å². The Morgan fingerprint density at radius 2 is 1.60 bits per heavy atom. The molecule has 0 saturated carbocycles. The van der Waals surface area contributed by atoms with E-state index in [0.29, 0.717) is 31.5 Å². The lowest BCUT2D eigenvalue weighted by Crippen LogP contribution is -2.42. The number of likely N-dealkylation sites (tertiary alicyclic amines) is 1. The summed E-state index contributed by atoms with van der Waals surface area (Å²) in [4.78, 5) is 14.2. The summed E-state index contributed by atoms with van der Waals surface area (Å²) in [6, 6.07) is 5.81. The molecule has 1 fully saturated rings. The maximum Gasteiger partial charge on any atom is 0.253 e. The molecule has 0 radical (unpaired) electrons. The highest BCUT2D eigenvalue weighted by atomic mass is 32.2. The molecule has 1 heterocycles. The molecule has 5 heteroatoms. The van der Waals surface area contributed by atoms with Crippen LogP contribution in [0.4, 0.5) is 0 Å². The lowest BCUT2D eigenvalue weighted by molar-refractivity contribution is 0.0725. The number of amides is 1. The van der Waals surface area contributed by atoms with E-state index in [1.807, 2.05) is 32.0 Å². The van der Waals surface area contributed by atoms with E-state index in [4.69, 9.17) is 0 Å². The fraction of sp³-hybridized carbons (Fsp3) is 0.533. The number of benzene rings is 1. The van der Waals surface area contributed by atoms with Crippen molar-refractivity contribution < 1.29 is 13.2 Å². The molecule has 1 aliphatic rings. The number of aryl methyl sites for hydroxylation is 2. The van der Waals surface area contributed by atoms with Crippen molar-refractivity contribution >= 4 is 15.7 Å². The predicted molar refractivity (Wildman–Crippen MR) is 79.7 cm³/mol. The molecule has 1 aromatic rings. The lowest BCUT2D eigenvalue weighted by atomic mass is 10.0. The predicted octanol–water partition coefficient (Wildman–Crippen LogP) is 1.95. The summed E-state index contributed by atoms with van der Waals surface area (Å²) < 4.78 is 23.0. The average Bonchev–Trinajstić information content (AvgIpc) is 2.36. The van der Waals surface area contributed by atoms with Crippen molar-refractivity contribution in [1.82, 2.24) is 4.90 Å². The molecule has 0 N–H and O–H groups in total. The molecule has 0 atom stereocenters. The Labute approximate surface area is 120 Å². The van der Waals surface area contributed by atoms with E-state index in [0.717, 1.165) is 11.1 Å². The molecule has 1 saturated heterocycles. The maximum atomic E-state index is 12.4. The Bertz CT molecular complexity index is 594. The van der Waals surface area contributed by atoms with E-state index in [9.17, 15) is 13.2 Å². The molecule has 1 aliphatic heterocycles. The largest absolute Gasteiger partial charge is 0.339 e. The Kier molecular flexibility index (Phi) is 4.18. The van der Waals surface area contributed by atoms with Gasteiger partial charge in [-0.25, -0.2) is 8.42 Å². The average molecular weight is 295 g/mol. The zero-order valence-corrected chi connectivity index (χ0v) is 13.0. The van der Waals surface area contributed by atoms with E-state index in [-0.39, 0.29) is 11.2 Å². The summed E-state index contributed by atoms with van der Waals surface area (Å²) in [7, 11) is -2.99. The summed E-state index contributed by atoms with van der Waals surface area (Å²) in [5.74, 6) is 0.00347.